The fourth-order valence-corrected chi connectivity index (χ4v) is 5.59. The molecule has 1 aromatic heterocycles. The molecule has 0 atom stereocenters. The lowest BCUT2D eigenvalue weighted by Gasteiger charge is -2.38. The Kier molecular flexibility index (Phi) is 8.68. The van der Waals surface area contributed by atoms with Crippen LogP contribution in [0, 0.1) is 5.82 Å². The molecule has 3 aliphatic heterocycles. The number of ether oxygens (including phenoxy) is 2. The highest BCUT2D eigenvalue weighted by Gasteiger charge is 2.34. The van der Waals surface area contributed by atoms with Crippen LogP contribution in [0.3, 0.4) is 0 Å². The zero-order valence-electron chi connectivity index (χ0n) is 21.4. The predicted molar refractivity (Wildman–Crippen MR) is 148 cm³/mol. The van der Waals surface area contributed by atoms with Gasteiger partial charge in [0.25, 0.3) is 0 Å². The molecule has 4 heterocycles. The highest BCUT2D eigenvalue weighted by molar-refractivity contribution is 7.80. The van der Waals surface area contributed by atoms with Crippen LogP contribution in [0.15, 0.2) is 30.3 Å². The zero-order chi connectivity index (χ0) is 25.5. The van der Waals surface area contributed by atoms with Crippen LogP contribution in [0.1, 0.15) is 44.1 Å². The van der Waals surface area contributed by atoms with Gasteiger partial charge in [-0.1, -0.05) is 25.0 Å². The van der Waals surface area contributed by atoms with Crippen molar-refractivity contribution in [1.29, 1.82) is 0 Å². The summed E-state index contributed by atoms with van der Waals surface area (Å²) in [5, 5.41) is 7.14. The average Bonchev–Trinajstić information content (AvgIpc) is 3.23. The van der Waals surface area contributed by atoms with Crippen LogP contribution in [-0.4, -0.2) is 74.2 Å². The maximum atomic E-state index is 13.6. The second-order valence-corrected chi connectivity index (χ2v) is 10.5. The maximum absolute atomic E-state index is 13.6. The van der Waals surface area contributed by atoms with E-state index in [2.05, 4.69) is 26.5 Å². The van der Waals surface area contributed by atoms with E-state index >= 15 is 0 Å². The van der Waals surface area contributed by atoms with Gasteiger partial charge in [-0.3, -0.25) is 0 Å². The Balaban J connectivity index is 1.32. The fourth-order valence-electron chi connectivity index (χ4n) is 5.42. The normalized spacial score (nSPS) is 20.2. The molecule has 8 nitrogen and oxygen atoms in total. The van der Waals surface area contributed by atoms with E-state index in [1.807, 2.05) is 12.1 Å². The Morgan fingerprint density at radius 1 is 0.865 bits per heavy atom. The molecular formula is C27H37FN6O2S. The summed E-state index contributed by atoms with van der Waals surface area (Å²) in [4.78, 5) is 14.3. The monoisotopic (exact) mass is 528 g/mol. The molecule has 0 amide bonds. The molecule has 2 aromatic rings. The Labute approximate surface area is 223 Å². The van der Waals surface area contributed by atoms with Gasteiger partial charge in [-0.25, -0.2) is 4.39 Å². The van der Waals surface area contributed by atoms with Crippen LogP contribution in [0.5, 0.6) is 0 Å². The van der Waals surface area contributed by atoms with Crippen molar-refractivity contribution in [3.63, 3.8) is 0 Å². The lowest BCUT2D eigenvalue weighted by atomic mass is 9.74. The van der Waals surface area contributed by atoms with Gasteiger partial charge in [-0.2, -0.15) is 9.97 Å². The first-order valence-corrected chi connectivity index (χ1v) is 13.9. The number of thiocarbonyl (C=S) groups is 1. The Morgan fingerprint density at radius 3 is 2.11 bits per heavy atom. The van der Waals surface area contributed by atoms with E-state index in [-0.39, 0.29) is 11.2 Å². The summed E-state index contributed by atoms with van der Waals surface area (Å²) in [5.74, 6) is 2.11. The minimum Gasteiger partial charge on any atom is -0.381 e. The van der Waals surface area contributed by atoms with Gasteiger partial charge in [0.2, 0.25) is 5.95 Å². The molecule has 0 bridgehead atoms. The van der Waals surface area contributed by atoms with E-state index in [1.54, 1.807) is 0 Å². The smallest absolute Gasteiger partial charge is 0.232 e. The molecule has 200 valence electrons. The number of aromatic nitrogens is 2. The summed E-state index contributed by atoms with van der Waals surface area (Å²) in [6.07, 6.45) is 6.56. The molecular weight excluding hydrogens is 491 g/mol. The van der Waals surface area contributed by atoms with Gasteiger partial charge in [-0.05, 0) is 55.6 Å². The number of hydrogen-bond donors (Lipinski definition) is 2. The van der Waals surface area contributed by atoms with Crippen LogP contribution in [-0.2, 0) is 14.9 Å². The van der Waals surface area contributed by atoms with E-state index < -0.39 is 0 Å². The lowest BCUT2D eigenvalue weighted by Crippen LogP contribution is -2.45. The van der Waals surface area contributed by atoms with Crippen molar-refractivity contribution in [1.82, 2.24) is 15.3 Å². The fraction of sp³-hybridized carbons (Fsp3) is 0.593. The second kappa shape index (κ2) is 12.3. The molecule has 2 N–H and O–H groups in total. The lowest BCUT2D eigenvalue weighted by molar-refractivity contribution is 0.0515. The molecule has 0 radical (unpaired) electrons. The van der Waals surface area contributed by atoms with Gasteiger partial charge in [0.05, 0.1) is 13.2 Å². The molecule has 3 saturated heterocycles. The van der Waals surface area contributed by atoms with Crippen LogP contribution < -0.4 is 20.4 Å². The van der Waals surface area contributed by atoms with Crippen LogP contribution in [0.2, 0.25) is 0 Å². The summed E-state index contributed by atoms with van der Waals surface area (Å²) in [6, 6.07) is 8.91. The van der Waals surface area contributed by atoms with Crippen molar-refractivity contribution < 1.29 is 13.9 Å². The molecule has 3 aliphatic rings. The highest BCUT2D eigenvalue weighted by atomic mass is 32.1. The van der Waals surface area contributed by atoms with Crippen molar-refractivity contribution in [2.45, 2.75) is 43.9 Å². The van der Waals surface area contributed by atoms with E-state index in [1.165, 1.54) is 37.8 Å². The van der Waals surface area contributed by atoms with Gasteiger partial charge >= 0.3 is 0 Å². The number of morpholine rings is 1. The number of anilines is 3. The van der Waals surface area contributed by atoms with E-state index in [0.29, 0.717) is 44.0 Å². The summed E-state index contributed by atoms with van der Waals surface area (Å²) >= 11 is 5.71. The predicted octanol–water partition coefficient (Wildman–Crippen LogP) is 3.87. The first-order valence-electron chi connectivity index (χ1n) is 13.5. The zero-order valence-corrected chi connectivity index (χ0v) is 22.2. The molecule has 37 heavy (non-hydrogen) atoms. The number of halogens is 1. The van der Waals surface area contributed by atoms with Gasteiger partial charge < -0.3 is 29.9 Å². The average molecular weight is 529 g/mol. The molecule has 0 saturated carbocycles. The topological polar surface area (TPSA) is 74.8 Å². The van der Waals surface area contributed by atoms with Crippen LogP contribution in [0.25, 0.3) is 0 Å². The first kappa shape index (κ1) is 26.1. The highest BCUT2D eigenvalue weighted by Crippen LogP contribution is 2.34. The van der Waals surface area contributed by atoms with Crippen molar-refractivity contribution in [2.75, 3.05) is 74.3 Å². The van der Waals surface area contributed by atoms with E-state index in [0.717, 1.165) is 56.2 Å². The van der Waals surface area contributed by atoms with Crippen LogP contribution >= 0.6 is 12.2 Å². The summed E-state index contributed by atoms with van der Waals surface area (Å²) < 4.78 is 24.8. The Hall–Kier alpha value is -2.56. The maximum Gasteiger partial charge on any atom is 0.232 e. The summed E-state index contributed by atoms with van der Waals surface area (Å²) in [7, 11) is 0. The van der Waals surface area contributed by atoms with E-state index in [9.17, 15) is 4.39 Å². The summed E-state index contributed by atoms with van der Waals surface area (Å²) in [5.41, 5.74) is 0.923. The van der Waals surface area contributed by atoms with Gasteiger partial charge in [0.1, 0.15) is 17.5 Å². The molecule has 3 fully saturated rings. The number of hydrogen-bond acceptors (Lipinski definition) is 7. The number of nitrogens with one attached hydrogen (secondary N) is 2. The van der Waals surface area contributed by atoms with E-state index in [4.69, 9.17) is 31.7 Å². The summed E-state index contributed by atoms with van der Waals surface area (Å²) in [6.45, 7) is 6.97. The molecule has 10 heteroatoms. The molecule has 5 rings (SSSR count). The number of benzene rings is 1. The van der Waals surface area contributed by atoms with Crippen molar-refractivity contribution in [2.24, 2.45) is 0 Å². The largest absolute Gasteiger partial charge is 0.381 e. The van der Waals surface area contributed by atoms with Gasteiger partial charge in [-0.15, -0.1) is 0 Å². The van der Waals surface area contributed by atoms with Crippen molar-refractivity contribution in [3.05, 3.63) is 41.7 Å². The molecule has 0 spiro atoms. The number of nitrogens with zero attached hydrogens (tertiary/aromatic N) is 4. The van der Waals surface area contributed by atoms with Crippen molar-refractivity contribution >= 4 is 34.9 Å². The minimum atomic E-state index is -0.228. The molecule has 1 aromatic carbocycles. The quantitative estimate of drug-likeness (QED) is 0.544. The third-order valence-corrected chi connectivity index (χ3v) is 7.93. The van der Waals surface area contributed by atoms with Gasteiger partial charge in [0, 0.05) is 57.4 Å². The number of rotatable bonds is 6. The standard InChI is InChI=1S/C27H37FN6O2S/c28-22-7-5-21(6-8-22)27(9-15-35-16-10-27)20-29-26(37)32-25-30-23(33-11-3-1-2-4-12-33)19-24(31-25)34-13-17-36-18-14-34/h5-8,19H,1-4,9-18,20H2,(H2,29,30,31,32,37). The molecule has 0 aliphatic carbocycles. The Morgan fingerprint density at radius 2 is 1.46 bits per heavy atom. The third-order valence-electron chi connectivity index (χ3n) is 7.68. The van der Waals surface area contributed by atoms with Crippen LogP contribution in [0.4, 0.5) is 22.0 Å². The first-order chi connectivity index (χ1) is 18.1. The third kappa shape index (κ3) is 6.66. The minimum absolute atomic E-state index is 0.175. The van der Waals surface area contributed by atoms with Gasteiger partial charge in [0.15, 0.2) is 5.11 Å². The Bertz CT molecular complexity index is 1040. The SMILES string of the molecule is Fc1ccc(C2(CNC(=S)Nc3nc(N4CCCCCC4)cc(N4CCOCC4)n3)CCOCC2)cc1. The van der Waals surface area contributed by atoms with Crippen molar-refractivity contribution in [3.8, 4) is 0 Å². The second-order valence-electron chi connectivity index (χ2n) is 10.1. The molecule has 0 unspecified atom stereocenters.